The maximum absolute atomic E-state index is 10.9. The lowest BCUT2D eigenvalue weighted by atomic mass is 9.99. The molecule has 1 aliphatic rings. The summed E-state index contributed by atoms with van der Waals surface area (Å²) < 4.78 is 0. The topological polar surface area (TPSA) is 20.3 Å². The van der Waals surface area contributed by atoms with E-state index in [1.807, 2.05) is 6.92 Å². The van der Waals surface area contributed by atoms with E-state index in [0.29, 0.717) is 5.78 Å². The lowest BCUT2D eigenvalue weighted by molar-refractivity contribution is -0.125. The zero-order valence-corrected chi connectivity index (χ0v) is 6.05. The summed E-state index contributed by atoms with van der Waals surface area (Å²) in [6, 6.07) is 0. The molecule has 0 spiro atoms. The van der Waals surface area contributed by atoms with Gasteiger partial charge in [0.25, 0.3) is 0 Å². The number of piperidine rings is 1. The molecule has 2 nitrogen and oxygen atoms in total. The second kappa shape index (κ2) is 2.48. The minimum atomic E-state index is 0.267. The average molecular weight is 127 g/mol. The van der Waals surface area contributed by atoms with Crippen molar-refractivity contribution in [3.8, 4) is 0 Å². The van der Waals surface area contributed by atoms with E-state index in [2.05, 4.69) is 11.9 Å². The normalized spacial score (nSPS) is 30.9. The predicted octanol–water partition coefficient (Wildman–Crippen LogP) is 0.527. The second-order valence-electron chi connectivity index (χ2n) is 2.88. The van der Waals surface area contributed by atoms with Gasteiger partial charge in [-0.3, -0.25) is 4.79 Å². The summed E-state index contributed by atoms with van der Waals surface area (Å²) in [4.78, 5) is 13.1. The zero-order chi connectivity index (χ0) is 6.85. The van der Waals surface area contributed by atoms with Crippen LogP contribution in [-0.4, -0.2) is 30.8 Å². The van der Waals surface area contributed by atoms with Crippen molar-refractivity contribution < 1.29 is 4.79 Å². The Kier molecular flexibility index (Phi) is 1.86. The Morgan fingerprint density at radius 2 is 2.33 bits per heavy atom. The van der Waals surface area contributed by atoms with Crippen molar-refractivity contribution in [3.63, 3.8) is 0 Å². The van der Waals surface area contributed by atoms with Crippen molar-refractivity contribution in [1.82, 2.24) is 4.90 Å². The maximum Gasteiger partial charge on any atom is 0.138 e. The van der Waals surface area contributed by atoms with Crippen LogP contribution in [-0.2, 0) is 4.79 Å². The van der Waals surface area contributed by atoms with Gasteiger partial charge in [0.1, 0.15) is 5.78 Å². The number of hydrogen-bond donors (Lipinski definition) is 0. The van der Waals surface area contributed by atoms with E-state index in [0.717, 1.165) is 19.5 Å². The van der Waals surface area contributed by atoms with E-state index in [1.165, 1.54) is 0 Å². The summed E-state index contributed by atoms with van der Waals surface area (Å²) in [5.74, 6) is 0.692. The monoisotopic (exact) mass is 127 g/mol. The van der Waals surface area contributed by atoms with Crippen LogP contribution in [0.4, 0.5) is 0 Å². The van der Waals surface area contributed by atoms with Crippen LogP contribution in [0.3, 0.4) is 0 Å². The van der Waals surface area contributed by atoms with E-state index < -0.39 is 0 Å². The number of hydrogen-bond acceptors (Lipinski definition) is 2. The standard InChI is InChI=1S/C7H13NO/c1-6-5-8(2)4-3-7(6)9/h6H,3-5H2,1-2H3. The zero-order valence-electron chi connectivity index (χ0n) is 6.05. The van der Waals surface area contributed by atoms with Gasteiger partial charge in [0.15, 0.2) is 0 Å². The Morgan fingerprint density at radius 3 is 2.78 bits per heavy atom. The Bertz CT molecular complexity index is 122. The lowest BCUT2D eigenvalue weighted by Gasteiger charge is -2.25. The van der Waals surface area contributed by atoms with E-state index in [4.69, 9.17) is 0 Å². The molecule has 2 heteroatoms. The van der Waals surface area contributed by atoms with Crippen LogP contribution in [0, 0.1) is 5.92 Å². The van der Waals surface area contributed by atoms with Gasteiger partial charge < -0.3 is 4.90 Å². The number of likely N-dealkylation sites (tertiary alicyclic amines) is 1. The van der Waals surface area contributed by atoms with Crippen LogP contribution in [0.2, 0.25) is 0 Å². The Balaban J connectivity index is 2.44. The SMILES string of the molecule is CC1CN(C)CCC1=O. The second-order valence-corrected chi connectivity index (χ2v) is 2.88. The molecule has 1 heterocycles. The minimum absolute atomic E-state index is 0.267. The molecule has 0 aromatic rings. The van der Waals surface area contributed by atoms with Crippen molar-refractivity contribution in [3.05, 3.63) is 0 Å². The molecule has 1 atom stereocenters. The van der Waals surface area contributed by atoms with Gasteiger partial charge in [-0.2, -0.15) is 0 Å². The molecule has 0 aromatic carbocycles. The first-order valence-corrected chi connectivity index (χ1v) is 3.41. The Labute approximate surface area is 55.8 Å². The molecule has 0 aromatic heterocycles. The van der Waals surface area contributed by atoms with Crippen LogP contribution in [0.1, 0.15) is 13.3 Å². The third-order valence-corrected chi connectivity index (χ3v) is 1.88. The van der Waals surface area contributed by atoms with Gasteiger partial charge in [0.05, 0.1) is 0 Å². The van der Waals surface area contributed by atoms with Crippen molar-refractivity contribution in [2.24, 2.45) is 5.92 Å². The van der Waals surface area contributed by atoms with Gasteiger partial charge in [0, 0.05) is 25.4 Å². The van der Waals surface area contributed by atoms with Crippen LogP contribution < -0.4 is 0 Å². The fourth-order valence-electron chi connectivity index (χ4n) is 1.21. The lowest BCUT2D eigenvalue weighted by Crippen LogP contribution is -2.36. The van der Waals surface area contributed by atoms with Gasteiger partial charge in [-0.1, -0.05) is 6.92 Å². The van der Waals surface area contributed by atoms with Crippen LogP contribution in [0.15, 0.2) is 0 Å². The molecule has 9 heavy (non-hydrogen) atoms. The summed E-state index contributed by atoms with van der Waals surface area (Å²) in [5.41, 5.74) is 0. The third-order valence-electron chi connectivity index (χ3n) is 1.88. The molecule has 52 valence electrons. The van der Waals surface area contributed by atoms with E-state index >= 15 is 0 Å². The molecule has 0 bridgehead atoms. The first kappa shape index (κ1) is 6.75. The number of Topliss-reactive ketones (excluding diaryl/α,β-unsaturated/α-hetero) is 1. The highest BCUT2D eigenvalue weighted by atomic mass is 16.1. The molecule has 0 N–H and O–H groups in total. The smallest absolute Gasteiger partial charge is 0.138 e. The van der Waals surface area contributed by atoms with Crippen LogP contribution in [0.25, 0.3) is 0 Å². The number of ketones is 1. The van der Waals surface area contributed by atoms with Crippen LogP contribution >= 0.6 is 0 Å². The molecule has 1 unspecified atom stereocenters. The first-order chi connectivity index (χ1) is 4.20. The molecule has 1 saturated heterocycles. The number of rotatable bonds is 0. The largest absolute Gasteiger partial charge is 0.305 e. The molecule has 0 amide bonds. The molecule has 0 radical (unpaired) electrons. The molecule has 1 fully saturated rings. The van der Waals surface area contributed by atoms with Gasteiger partial charge in [-0.05, 0) is 7.05 Å². The minimum Gasteiger partial charge on any atom is -0.305 e. The van der Waals surface area contributed by atoms with Gasteiger partial charge in [0.2, 0.25) is 0 Å². The molecule has 1 aliphatic heterocycles. The quantitative estimate of drug-likeness (QED) is 0.473. The molecule has 1 rings (SSSR count). The third kappa shape index (κ3) is 1.52. The summed E-state index contributed by atoms with van der Waals surface area (Å²) in [6.45, 7) is 3.89. The molecule has 0 aliphatic carbocycles. The summed E-state index contributed by atoms with van der Waals surface area (Å²) in [6.07, 6.45) is 0.748. The van der Waals surface area contributed by atoms with E-state index in [9.17, 15) is 4.79 Å². The number of carbonyl (C=O) groups excluding carboxylic acids is 1. The van der Waals surface area contributed by atoms with Gasteiger partial charge in [-0.15, -0.1) is 0 Å². The Morgan fingerprint density at radius 1 is 1.67 bits per heavy atom. The van der Waals surface area contributed by atoms with Crippen molar-refractivity contribution in [2.75, 3.05) is 20.1 Å². The molecule has 0 saturated carbocycles. The first-order valence-electron chi connectivity index (χ1n) is 3.41. The van der Waals surface area contributed by atoms with Crippen LogP contribution in [0.5, 0.6) is 0 Å². The van der Waals surface area contributed by atoms with E-state index in [1.54, 1.807) is 0 Å². The summed E-state index contributed by atoms with van der Waals surface area (Å²) in [5, 5.41) is 0. The fourth-order valence-corrected chi connectivity index (χ4v) is 1.21. The Hall–Kier alpha value is -0.370. The average Bonchev–Trinajstić information content (AvgIpc) is 1.80. The van der Waals surface area contributed by atoms with Crippen molar-refractivity contribution in [2.45, 2.75) is 13.3 Å². The van der Waals surface area contributed by atoms with Gasteiger partial charge >= 0.3 is 0 Å². The highest BCUT2D eigenvalue weighted by Gasteiger charge is 2.20. The van der Waals surface area contributed by atoms with Crippen molar-refractivity contribution in [1.29, 1.82) is 0 Å². The van der Waals surface area contributed by atoms with Crippen molar-refractivity contribution >= 4 is 5.78 Å². The number of carbonyl (C=O) groups is 1. The molecular weight excluding hydrogens is 114 g/mol. The number of nitrogens with zero attached hydrogens (tertiary/aromatic N) is 1. The predicted molar refractivity (Wildman–Crippen MR) is 36.3 cm³/mol. The highest BCUT2D eigenvalue weighted by molar-refractivity contribution is 5.81. The summed E-state index contributed by atoms with van der Waals surface area (Å²) >= 11 is 0. The summed E-state index contributed by atoms with van der Waals surface area (Å²) in [7, 11) is 2.06. The fraction of sp³-hybridized carbons (Fsp3) is 0.857. The maximum atomic E-state index is 10.9. The molecular formula is C7H13NO. The van der Waals surface area contributed by atoms with E-state index in [-0.39, 0.29) is 5.92 Å². The van der Waals surface area contributed by atoms with Gasteiger partial charge in [-0.25, -0.2) is 0 Å². The highest BCUT2D eigenvalue weighted by Crippen LogP contribution is 2.09.